The lowest BCUT2D eigenvalue weighted by molar-refractivity contribution is -0.121. The highest BCUT2D eigenvalue weighted by Crippen LogP contribution is 2.15. The van der Waals surface area contributed by atoms with Gasteiger partial charge in [0.15, 0.2) is 0 Å². The van der Waals surface area contributed by atoms with Gasteiger partial charge in [0.05, 0.1) is 18.6 Å². The average molecular weight is 251 g/mol. The summed E-state index contributed by atoms with van der Waals surface area (Å²) in [6, 6.07) is 6.32. The van der Waals surface area contributed by atoms with E-state index in [-0.39, 0.29) is 30.3 Å². The minimum Gasteiger partial charge on any atom is -0.376 e. The maximum atomic E-state index is 13.4. The van der Waals surface area contributed by atoms with Gasteiger partial charge in [-0.25, -0.2) is 4.39 Å². The summed E-state index contributed by atoms with van der Waals surface area (Å²) in [6.07, 6.45) is 2.18. The van der Waals surface area contributed by atoms with Crippen LogP contribution in [0.5, 0.6) is 0 Å². The normalized spacial score (nSPS) is 20.7. The lowest BCUT2D eigenvalue weighted by atomic mass is 10.1. The zero-order valence-electron chi connectivity index (χ0n) is 10.5. The number of rotatable bonds is 4. The highest BCUT2D eigenvalue weighted by molar-refractivity contribution is 5.78. The van der Waals surface area contributed by atoms with E-state index in [2.05, 4.69) is 5.32 Å². The number of benzene rings is 1. The van der Waals surface area contributed by atoms with Crippen molar-refractivity contribution < 1.29 is 13.9 Å². The van der Waals surface area contributed by atoms with E-state index in [0.717, 1.165) is 19.4 Å². The molecule has 0 aliphatic carbocycles. The first kappa shape index (κ1) is 13.0. The number of halogens is 1. The predicted molar refractivity (Wildman–Crippen MR) is 66.7 cm³/mol. The van der Waals surface area contributed by atoms with Crippen LogP contribution in [0.3, 0.4) is 0 Å². The molecule has 3 nitrogen and oxygen atoms in total. The van der Waals surface area contributed by atoms with Crippen LogP contribution in [-0.2, 0) is 16.0 Å². The minimum atomic E-state index is -0.336. The summed E-state index contributed by atoms with van der Waals surface area (Å²) in [5.41, 5.74) is 0.426. The Morgan fingerprint density at radius 2 is 2.33 bits per heavy atom. The maximum absolute atomic E-state index is 13.4. The summed E-state index contributed by atoms with van der Waals surface area (Å²) in [5.74, 6) is -0.500. The summed E-state index contributed by atoms with van der Waals surface area (Å²) in [4.78, 5) is 11.8. The molecule has 2 atom stereocenters. The molecule has 98 valence electrons. The molecule has 1 aromatic rings. The van der Waals surface area contributed by atoms with E-state index in [1.165, 1.54) is 6.07 Å². The molecule has 1 amide bonds. The van der Waals surface area contributed by atoms with Gasteiger partial charge >= 0.3 is 0 Å². The first-order valence-electron chi connectivity index (χ1n) is 6.31. The number of amides is 1. The largest absolute Gasteiger partial charge is 0.376 e. The molecular weight excluding hydrogens is 233 g/mol. The Hall–Kier alpha value is -1.42. The van der Waals surface area contributed by atoms with Crippen molar-refractivity contribution in [1.29, 1.82) is 0 Å². The Labute approximate surface area is 106 Å². The predicted octanol–water partition coefficient (Wildman–Crippen LogP) is 2.05. The molecule has 1 saturated heterocycles. The van der Waals surface area contributed by atoms with Crippen molar-refractivity contribution in [1.82, 2.24) is 5.32 Å². The molecule has 0 aromatic heterocycles. The summed E-state index contributed by atoms with van der Waals surface area (Å²) < 4.78 is 18.9. The van der Waals surface area contributed by atoms with Crippen LogP contribution in [0.15, 0.2) is 24.3 Å². The third-order valence-electron chi connectivity index (χ3n) is 3.22. The summed E-state index contributed by atoms with van der Waals surface area (Å²) in [6.45, 7) is 2.69. The van der Waals surface area contributed by atoms with E-state index < -0.39 is 0 Å². The lowest BCUT2D eigenvalue weighted by Gasteiger charge is -2.20. The molecule has 1 heterocycles. The van der Waals surface area contributed by atoms with Crippen molar-refractivity contribution in [3.63, 3.8) is 0 Å². The molecule has 0 spiro atoms. The van der Waals surface area contributed by atoms with Gasteiger partial charge in [-0.2, -0.15) is 0 Å². The molecule has 1 aliphatic heterocycles. The smallest absolute Gasteiger partial charge is 0.224 e. The third kappa shape index (κ3) is 3.29. The van der Waals surface area contributed by atoms with Gasteiger partial charge in [-0.3, -0.25) is 4.79 Å². The second kappa shape index (κ2) is 5.96. The summed E-state index contributed by atoms with van der Waals surface area (Å²) >= 11 is 0. The second-order valence-corrected chi connectivity index (χ2v) is 4.68. The van der Waals surface area contributed by atoms with Gasteiger partial charge in [0, 0.05) is 6.61 Å². The third-order valence-corrected chi connectivity index (χ3v) is 3.22. The second-order valence-electron chi connectivity index (χ2n) is 4.68. The highest BCUT2D eigenvalue weighted by atomic mass is 19.1. The van der Waals surface area contributed by atoms with E-state index >= 15 is 0 Å². The van der Waals surface area contributed by atoms with Crippen LogP contribution in [0.1, 0.15) is 25.3 Å². The van der Waals surface area contributed by atoms with Crippen molar-refractivity contribution >= 4 is 5.91 Å². The fourth-order valence-corrected chi connectivity index (χ4v) is 2.21. The van der Waals surface area contributed by atoms with Crippen LogP contribution in [0.4, 0.5) is 4.39 Å². The molecule has 0 radical (unpaired) electrons. The van der Waals surface area contributed by atoms with E-state index in [1.54, 1.807) is 18.2 Å². The van der Waals surface area contributed by atoms with Gasteiger partial charge in [0.25, 0.3) is 0 Å². The molecule has 1 aromatic carbocycles. The highest BCUT2D eigenvalue weighted by Gasteiger charge is 2.23. The first-order chi connectivity index (χ1) is 8.66. The molecule has 1 fully saturated rings. The van der Waals surface area contributed by atoms with Crippen molar-refractivity contribution in [2.75, 3.05) is 6.61 Å². The molecular formula is C14H18FNO2. The van der Waals surface area contributed by atoms with Crippen LogP contribution in [0, 0.1) is 5.82 Å². The van der Waals surface area contributed by atoms with Crippen LogP contribution in [0.25, 0.3) is 0 Å². The quantitative estimate of drug-likeness (QED) is 0.889. The zero-order valence-corrected chi connectivity index (χ0v) is 10.5. The molecule has 0 bridgehead atoms. The van der Waals surface area contributed by atoms with Crippen molar-refractivity contribution in [3.05, 3.63) is 35.6 Å². The molecule has 0 unspecified atom stereocenters. The maximum Gasteiger partial charge on any atom is 0.224 e. The van der Waals surface area contributed by atoms with Crippen molar-refractivity contribution in [3.8, 4) is 0 Å². The van der Waals surface area contributed by atoms with Gasteiger partial charge in [0.2, 0.25) is 5.91 Å². The summed E-state index contributed by atoms with van der Waals surface area (Å²) in [5, 5.41) is 2.87. The molecule has 4 heteroatoms. The fraction of sp³-hybridized carbons (Fsp3) is 0.500. The first-order valence-corrected chi connectivity index (χ1v) is 6.31. The van der Waals surface area contributed by atoms with Gasteiger partial charge in [0.1, 0.15) is 5.82 Å². The Kier molecular flexibility index (Phi) is 4.31. The summed E-state index contributed by atoms with van der Waals surface area (Å²) in [7, 11) is 0. The number of ether oxygens (including phenoxy) is 1. The Balaban J connectivity index is 1.86. The Morgan fingerprint density at radius 1 is 1.56 bits per heavy atom. The van der Waals surface area contributed by atoms with Crippen molar-refractivity contribution in [2.45, 2.75) is 38.3 Å². The van der Waals surface area contributed by atoms with Crippen LogP contribution in [0.2, 0.25) is 0 Å². The van der Waals surface area contributed by atoms with Gasteiger partial charge in [-0.05, 0) is 31.4 Å². The van der Waals surface area contributed by atoms with Gasteiger partial charge in [-0.1, -0.05) is 18.2 Å². The molecule has 0 saturated carbocycles. The van der Waals surface area contributed by atoms with Crippen LogP contribution in [-0.4, -0.2) is 24.7 Å². The van der Waals surface area contributed by atoms with E-state index in [0.29, 0.717) is 5.56 Å². The van der Waals surface area contributed by atoms with E-state index in [4.69, 9.17) is 4.74 Å². The Morgan fingerprint density at radius 3 is 3.00 bits per heavy atom. The number of hydrogen-bond donors (Lipinski definition) is 1. The van der Waals surface area contributed by atoms with Crippen molar-refractivity contribution in [2.24, 2.45) is 0 Å². The Bertz CT molecular complexity index is 416. The number of carbonyl (C=O) groups excluding carboxylic acids is 1. The van der Waals surface area contributed by atoms with E-state index in [1.807, 2.05) is 6.92 Å². The molecule has 1 N–H and O–H groups in total. The lowest BCUT2D eigenvalue weighted by Crippen LogP contribution is -2.41. The van der Waals surface area contributed by atoms with Gasteiger partial charge < -0.3 is 10.1 Å². The van der Waals surface area contributed by atoms with Crippen LogP contribution >= 0.6 is 0 Å². The molecule has 2 rings (SSSR count). The zero-order chi connectivity index (χ0) is 13.0. The standard InChI is InChI=1S/C14H18FNO2/c1-10(13-7-4-8-18-13)16-14(17)9-11-5-2-3-6-12(11)15/h2-3,5-6,10,13H,4,7-9H2,1H3,(H,16,17)/t10-,13+/m1/s1. The number of hydrogen-bond acceptors (Lipinski definition) is 2. The van der Waals surface area contributed by atoms with Gasteiger partial charge in [-0.15, -0.1) is 0 Å². The SMILES string of the molecule is C[C@@H](NC(=O)Cc1ccccc1F)[C@@H]1CCCO1. The monoisotopic (exact) mass is 251 g/mol. The molecule has 1 aliphatic rings. The number of carbonyl (C=O) groups is 1. The fourth-order valence-electron chi connectivity index (χ4n) is 2.21. The minimum absolute atomic E-state index is 0.0215. The molecule has 18 heavy (non-hydrogen) atoms. The van der Waals surface area contributed by atoms with Crippen LogP contribution < -0.4 is 5.32 Å². The average Bonchev–Trinajstić information content (AvgIpc) is 2.85. The number of nitrogens with one attached hydrogen (secondary N) is 1. The van der Waals surface area contributed by atoms with E-state index in [9.17, 15) is 9.18 Å². The topological polar surface area (TPSA) is 38.3 Å².